The summed E-state index contributed by atoms with van der Waals surface area (Å²) in [7, 11) is 0.842. The van der Waals surface area contributed by atoms with Gasteiger partial charge in [-0.15, -0.1) is 0 Å². The van der Waals surface area contributed by atoms with Gasteiger partial charge in [0, 0.05) is 17.5 Å². The van der Waals surface area contributed by atoms with Crippen molar-refractivity contribution in [3.8, 4) is 22.8 Å². The number of hydrogen-bond donors (Lipinski definition) is 1. The highest BCUT2D eigenvalue weighted by atomic mass is 16.5. The molecule has 0 radical (unpaired) electrons. The predicted octanol–water partition coefficient (Wildman–Crippen LogP) is 3.01. The van der Waals surface area contributed by atoms with Crippen LogP contribution in [0.3, 0.4) is 0 Å². The van der Waals surface area contributed by atoms with Crippen LogP contribution in [-0.2, 0) is 4.65 Å². The Hall–Kier alpha value is -2.47. The summed E-state index contributed by atoms with van der Waals surface area (Å²) >= 11 is 0. The van der Waals surface area contributed by atoms with E-state index in [1.165, 1.54) is 0 Å². The van der Waals surface area contributed by atoms with Gasteiger partial charge in [-0.1, -0.05) is 6.07 Å². The van der Waals surface area contributed by atoms with Crippen LogP contribution in [0.15, 0.2) is 42.7 Å². The van der Waals surface area contributed by atoms with Gasteiger partial charge in [0.2, 0.25) is 0 Å². The summed E-state index contributed by atoms with van der Waals surface area (Å²) in [5.41, 5.74) is 3.45. The van der Waals surface area contributed by atoms with E-state index in [2.05, 4.69) is 4.98 Å². The highest BCUT2D eigenvalue weighted by molar-refractivity contribution is 6.47. The fourth-order valence-electron chi connectivity index (χ4n) is 2.49. The van der Waals surface area contributed by atoms with Gasteiger partial charge in [0.05, 0.1) is 31.4 Å². The lowest BCUT2D eigenvalue weighted by atomic mass is 9.83. The first-order valence-corrected chi connectivity index (χ1v) is 7.52. The molecule has 1 aromatic heterocycles. The fraction of sp³-hybridized carbons (Fsp3) is 0.235. The lowest BCUT2D eigenvalue weighted by Gasteiger charge is -2.11. The van der Waals surface area contributed by atoms with Crippen LogP contribution >= 0.6 is 0 Å². The molecule has 0 unspecified atom stereocenters. The number of methoxy groups -OCH3 is 1. The minimum absolute atomic E-state index is 0.448. The third-order valence-electron chi connectivity index (χ3n) is 3.60. The van der Waals surface area contributed by atoms with Crippen molar-refractivity contribution in [1.29, 1.82) is 0 Å². The molecule has 1 aliphatic heterocycles. The maximum atomic E-state index is 9.47. The number of allylic oxidation sites excluding steroid dienone is 1. The Bertz CT molecular complexity index is 732. The van der Waals surface area contributed by atoms with Crippen molar-refractivity contribution < 1.29 is 19.2 Å². The predicted molar refractivity (Wildman–Crippen MR) is 89.2 cm³/mol. The lowest BCUT2D eigenvalue weighted by molar-refractivity contribution is 0.311. The second-order valence-corrected chi connectivity index (χ2v) is 5.14. The van der Waals surface area contributed by atoms with Crippen LogP contribution in [0.1, 0.15) is 12.6 Å². The molecule has 0 fully saturated rings. The van der Waals surface area contributed by atoms with E-state index in [4.69, 9.17) is 14.1 Å². The quantitative estimate of drug-likeness (QED) is 0.860. The maximum Gasteiger partial charge on any atom is 0.527 e. The highest BCUT2D eigenvalue weighted by Crippen LogP contribution is 2.33. The van der Waals surface area contributed by atoms with Crippen molar-refractivity contribution in [3.63, 3.8) is 0 Å². The van der Waals surface area contributed by atoms with Gasteiger partial charge in [-0.2, -0.15) is 0 Å². The summed E-state index contributed by atoms with van der Waals surface area (Å²) in [5.74, 6) is 1.39. The van der Waals surface area contributed by atoms with Gasteiger partial charge in [0.1, 0.15) is 0 Å². The van der Waals surface area contributed by atoms with E-state index in [1.807, 2.05) is 43.3 Å². The van der Waals surface area contributed by atoms with E-state index >= 15 is 0 Å². The molecule has 1 aromatic carbocycles. The third kappa shape index (κ3) is 3.32. The Balaban J connectivity index is 1.94. The summed E-state index contributed by atoms with van der Waals surface area (Å²) in [4.78, 5) is 4.66. The van der Waals surface area contributed by atoms with Crippen molar-refractivity contribution in [2.45, 2.75) is 13.2 Å². The third-order valence-corrected chi connectivity index (χ3v) is 3.60. The maximum absolute atomic E-state index is 9.47. The van der Waals surface area contributed by atoms with Crippen molar-refractivity contribution in [2.75, 3.05) is 13.7 Å². The summed E-state index contributed by atoms with van der Waals surface area (Å²) in [6.07, 6.45) is 2.01. The zero-order chi connectivity index (χ0) is 16.2. The molecule has 2 aromatic rings. The zero-order valence-corrected chi connectivity index (χ0v) is 13.2. The normalized spacial score (nSPS) is 13.5. The van der Waals surface area contributed by atoms with Gasteiger partial charge < -0.3 is 19.2 Å². The average Bonchev–Trinajstić information content (AvgIpc) is 3.02. The molecule has 1 N–H and O–H groups in total. The Morgan fingerprint density at radius 1 is 1.22 bits per heavy atom. The van der Waals surface area contributed by atoms with E-state index in [0.717, 1.165) is 22.5 Å². The van der Waals surface area contributed by atoms with E-state index in [9.17, 15) is 5.02 Å². The van der Waals surface area contributed by atoms with Crippen LogP contribution in [-0.4, -0.2) is 30.8 Å². The SMILES string of the molecule is CCOc1cc(-c2cccc(C3=COB(O)C3)n2)ccc1OC. The number of benzene rings is 1. The van der Waals surface area contributed by atoms with Gasteiger partial charge in [0.25, 0.3) is 0 Å². The van der Waals surface area contributed by atoms with Crippen molar-refractivity contribution in [3.05, 3.63) is 48.4 Å². The van der Waals surface area contributed by atoms with E-state index in [0.29, 0.717) is 24.4 Å². The van der Waals surface area contributed by atoms with Gasteiger partial charge in [0.15, 0.2) is 11.5 Å². The first-order chi connectivity index (χ1) is 11.2. The zero-order valence-electron chi connectivity index (χ0n) is 13.2. The largest absolute Gasteiger partial charge is 0.541 e. The Kier molecular flexibility index (Phi) is 4.53. The summed E-state index contributed by atoms with van der Waals surface area (Å²) in [6.45, 7) is 2.50. The van der Waals surface area contributed by atoms with Crippen molar-refractivity contribution >= 4 is 12.7 Å². The highest BCUT2D eigenvalue weighted by Gasteiger charge is 2.24. The minimum Gasteiger partial charge on any atom is -0.541 e. The monoisotopic (exact) mass is 311 g/mol. The molecule has 1 aliphatic rings. The molecule has 3 rings (SSSR count). The number of ether oxygens (including phenoxy) is 2. The number of rotatable bonds is 5. The molecule has 6 heteroatoms. The van der Waals surface area contributed by atoms with Gasteiger partial charge in [-0.05, 0) is 37.3 Å². The number of aromatic nitrogens is 1. The fourth-order valence-corrected chi connectivity index (χ4v) is 2.49. The average molecular weight is 311 g/mol. The molecule has 5 nitrogen and oxygen atoms in total. The van der Waals surface area contributed by atoms with Crippen LogP contribution in [0.4, 0.5) is 0 Å². The molecule has 0 spiro atoms. The lowest BCUT2D eigenvalue weighted by Crippen LogP contribution is -2.08. The molecule has 23 heavy (non-hydrogen) atoms. The van der Waals surface area contributed by atoms with E-state index in [1.54, 1.807) is 13.4 Å². The molecule has 0 amide bonds. The van der Waals surface area contributed by atoms with Crippen LogP contribution in [0, 0.1) is 0 Å². The molecule has 0 bridgehead atoms. The van der Waals surface area contributed by atoms with Crippen LogP contribution in [0.25, 0.3) is 16.8 Å². The Labute approximate surface area is 135 Å². The molecule has 0 saturated heterocycles. The first-order valence-electron chi connectivity index (χ1n) is 7.52. The summed E-state index contributed by atoms with van der Waals surface area (Å²) in [6, 6.07) is 11.5. The molecule has 0 atom stereocenters. The molecule has 2 heterocycles. The van der Waals surface area contributed by atoms with Crippen molar-refractivity contribution in [1.82, 2.24) is 4.98 Å². The van der Waals surface area contributed by atoms with Gasteiger partial charge >= 0.3 is 7.12 Å². The second kappa shape index (κ2) is 6.75. The van der Waals surface area contributed by atoms with Gasteiger partial charge in [-0.25, -0.2) is 4.98 Å². The van der Waals surface area contributed by atoms with Crippen LogP contribution < -0.4 is 9.47 Å². The van der Waals surface area contributed by atoms with Gasteiger partial charge in [-0.3, -0.25) is 0 Å². The Morgan fingerprint density at radius 2 is 2.04 bits per heavy atom. The number of pyridine rings is 1. The molecular weight excluding hydrogens is 293 g/mol. The van der Waals surface area contributed by atoms with E-state index < -0.39 is 7.12 Å². The van der Waals surface area contributed by atoms with Crippen molar-refractivity contribution in [2.24, 2.45) is 0 Å². The summed E-state index contributed by atoms with van der Waals surface area (Å²) in [5, 5.41) is 9.47. The summed E-state index contributed by atoms with van der Waals surface area (Å²) < 4.78 is 16.0. The standard InChI is InChI=1S/C17H18BNO4/c1-3-22-17-9-12(7-8-16(17)21-2)14-5-4-6-15(19-14)13-10-18(20)23-11-13/h4-9,11,20H,3,10H2,1-2H3. The second-order valence-electron chi connectivity index (χ2n) is 5.14. The van der Waals surface area contributed by atoms with E-state index in [-0.39, 0.29) is 0 Å². The molecule has 0 aliphatic carbocycles. The van der Waals surface area contributed by atoms with Crippen LogP contribution in [0.5, 0.6) is 11.5 Å². The number of nitrogens with zero attached hydrogens (tertiary/aromatic N) is 1. The minimum atomic E-state index is -0.777. The number of hydrogen-bond acceptors (Lipinski definition) is 5. The Morgan fingerprint density at radius 3 is 2.74 bits per heavy atom. The molecular formula is C17H18BNO4. The van der Waals surface area contributed by atoms with Crippen LogP contribution in [0.2, 0.25) is 6.32 Å². The smallest absolute Gasteiger partial charge is 0.527 e. The first kappa shape index (κ1) is 15.4. The topological polar surface area (TPSA) is 60.8 Å². The molecule has 118 valence electrons. The molecule has 0 saturated carbocycles.